The second kappa shape index (κ2) is 4.48. The van der Waals surface area contributed by atoms with E-state index in [9.17, 15) is 4.79 Å². The van der Waals surface area contributed by atoms with Crippen LogP contribution in [0.3, 0.4) is 0 Å². The van der Waals surface area contributed by atoms with E-state index >= 15 is 0 Å². The minimum absolute atomic E-state index is 0.0370. The molecule has 0 bridgehead atoms. The van der Waals surface area contributed by atoms with Crippen molar-refractivity contribution < 1.29 is 9.53 Å². The Balaban J connectivity index is 2.37. The molecule has 0 aromatic rings. The highest BCUT2D eigenvalue weighted by molar-refractivity contribution is 5.73. The van der Waals surface area contributed by atoms with Gasteiger partial charge in [-0.05, 0) is 25.7 Å². The first kappa shape index (κ1) is 9.56. The van der Waals surface area contributed by atoms with Gasteiger partial charge in [0.2, 0.25) is 0 Å². The first-order chi connectivity index (χ1) is 5.77. The normalized spacial score (nSPS) is 30.0. The van der Waals surface area contributed by atoms with Gasteiger partial charge in [-0.2, -0.15) is 0 Å². The lowest BCUT2D eigenvalue weighted by Gasteiger charge is -2.27. The Labute approximate surface area is 74.3 Å². The quantitative estimate of drug-likeness (QED) is 0.608. The molecule has 2 atom stereocenters. The van der Waals surface area contributed by atoms with Crippen LogP contribution < -0.4 is 0 Å². The van der Waals surface area contributed by atoms with Crippen molar-refractivity contribution in [1.29, 1.82) is 0 Å². The van der Waals surface area contributed by atoms with Gasteiger partial charge < -0.3 is 4.74 Å². The summed E-state index contributed by atoms with van der Waals surface area (Å²) in [5.74, 6) is 0.229. The molecule has 0 aromatic carbocycles. The number of rotatable bonds is 3. The molecule has 0 spiro atoms. The number of hydrogen-bond acceptors (Lipinski definition) is 2. The summed E-state index contributed by atoms with van der Waals surface area (Å²) >= 11 is 0. The molecule has 0 aromatic heterocycles. The molecule has 1 fully saturated rings. The average Bonchev–Trinajstić information content (AvgIpc) is 2.09. The van der Waals surface area contributed by atoms with E-state index in [1.54, 1.807) is 0 Å². The number of carbonyl (C=O) groups excluding carboxylic acids is 1. The van der Waals surface area contributed by atoms with Crippen LogP contribution in [0.25, 0.3) is 0 Å². The van der Waals surface area contributed by atoms with Gasteiger partial charge in [0, 0.05) is 0 Å². The van der Waals surface area contributed by atoms with Crippen LogP contribution in [0.5, 0.6) is 0 Å². The van der Waals surface area contributed by atoms with Crippen LogP contribution in [0.4, 0.5) is 0 Å². The van der Waals surface area contributed by atoms with Gasteiger partial charge in [0.1, 0.15) is 6.10 Å². The van der Waals surface area contributed by atoms with E-state index < -0.39 is 0 Å². The first-order valence-electron chi connectivity index (χ1n) is 4.98. The van der Waals surface area contributed by atoms with E-state index in [4.69, 9.17) is 4.74 Å². The van der Waals surface area contributed by atoms with Crippen LogP contribution in [0, 0.1) is 5.92 Å². The molecule has 0 unspecified atom stereocenters. The molecular formula is C10H18O2. The number of ether oxygens (including phenoxy) is 1. The molecule has 0 N–H and O–H groups in total. The molecule has 0 amide bonds. The molecule has 2 heteroatoms. The van der Waals surface area contributed by atoms with Crippen molar-refractivity contribution in [3.05, 3.63) is 0 Å². The second-order valence-electron chi connectivity index (χ2n) is 3.53. The third-order valence-corrected chi connectivity index (χ3v) is 2.55. The lowest BCUT2D eigenvalue weighted by atomic mass is 9.93. The Morgan fingerprint density at radius 1 is 1.42 bits per heavy atom. The summed E-state index contributed by atoms with van der Waals surface area (Å²) in [6.45, 7) is 4.18. The average molecular weight is 170 g/mol. The summed E-state index contributed by atoms with van der Waals surface area (Å²) in [7, 11) is 0. The number of cyclic esters (lactones) is 1. The van der Waals surface area contributed by atoms with E-state index in [0.29, 0.717) is 0 Å². The topological polar surface area (TPSA) is 26.3 Å². The molecule has 1 aliphatic rings. The Bertz CT molecular complexity index is 154. The van der Waals surface area contributed by atoms with Crippen molar-refractivity contribution in [2.45, 2.75) is 52.1 Å². The maximum absolute atomic E-state index is 11.3. The van der Waals surface area contributed by atoms with Gasteiger partial charge in [-0.25, -0.2) is 0 Å². The lowest BCUT2D eigenvalue weighted by Crippen LogP contribution is -2.30. The molecule has 0 aliphatic carbocycles. The van der Waals surface area contributed by atoms with Crippen molar-refractivity contribution in [3.63, 3.8) is 0 Å². The molecule has 1 aliphatic heterocycles. The van der Waals surface area contributed by atoms with Crippen LogP contribution in [0.15, 0.2) is 0 Å². The highest BCUT2D eigenvalue weighted by Crippen LogP contribution is 2.25. The smallest absolute Gasteiger partial charge is 0.309 e. The van der Waals surface area contributed by atoms with Gasteiger partial charge in [-0.15, -0.1) is 0 Å². The van der Waals surface area contributed by atoms with Crippen molar-refractivity contribution in [2.75, 3.05) is 0 Å². The van der Waals surface area contributed by atoms with E-state index in [2.05, 4.69) is 13.8 Å². The molecule has 1 heterocycles. The maximum atomic E-state index is 11.3. The monoisotopic (exact) mass is 170 g/mol. The summed E-state index contributed by atoms with van der Waals surface area (Å²) < 4.78 is 5.26. The maximum Gasteiger partial charge on any atom is 0.309 e. The largest absolute Gasteiger partial charge is 0.462 e. The van der Waals surface area contributed by atoms with Gasteiger partial charge in [-0.3, -0.25) is 4.79 Å². The minimum atomic E-state index is 0.0370. The Morgan fingerprint density at radius 2 is 2.17 bits per heavy atom. The minimum Gasteiger partial charge on any atom is -0.462 e. The Morgan fingerprint density at radius 3 is 2.67 bits per heavy atom. The zero-order valence-corrected chi connectivity index (χ0v) is 8.01. The van der Waals surface area contributed by atoms with Gasteiger partial charge >= 0.3 is 5.97 Å². The standard InChI is InChI=1S/C10H18O2/c1-3-5-8-6-7-9(4-2)12-10(8)11/h8-9H,3-7H2,1-2H3/t8-,9+/m0/s1. The van der Waals surface area contributed by atoms with Crippen LogP contribution >= 0.6 is 0 Å². The van der Waals surface area contributed by atoms with E-state index in [-0.39, 0.29) is 18.0 Å². The number of carbonyl (C=O) groups is 1. The summed E-state index contributed by atoms with van der Waals surface area (Å²) in [6.07, 6.45) is 5.33. The summed E-state index contributed by atoms with van der Waals surface area (Å²) in [5, 5.41) is 0. The zero-order chi connectivity index (χ0) is 8.97. The van der Waals surface area contributed by atoms with Crippen molar-refractivity contribution in [2.24, 2.45) is 5.92 Å². The van der Waals surface area contributed by atoms with Gasteiger partial charge in [0.05, 0.1) is 5.92 Å². The number of hydrogen-bond donors (Lipinski definition) is 0. The van der Waals surface area contributed by atoms with Gasteiger partial charge in [0.15, 0.2) is 0 Å². The van der Waals surface area contributed by atoms with E-state index in [0.717, 1.165) is 32.1 Å². The molecule has 70 valence electrons. The van der Waals surface area contributed by atoms with Gasteiger partial charge in [-0.1, -0.05) is 20.3 Å². The Hall–Kier alpha value is -0.530. The fourth-order valence-electron chi connectivity index (χ4n) is 1.72. The SMILES string of the molecule is CCC[C@H]1CC[C@@H](CC)OC1=O. The molecule has 12 heavy (non-hydrogen) atoms. The zero-order valence-electron chi connectivity index (χ0n) is 8.01. The predicted octanol–water partition coefficient (Wildman–Crippen LogP) is 2.52. The van der Waals surface area contributed by atoms with E-state index in [1.807, 2.05) is 0 Å². The fourth-order valence-corrected chi connectivity index (χ4v) is 1.72. The van der Waals surface area contributed by atoms with Gasteiger partial charge in [0.25, 0.3) is 0 Å². The van der Waals surface area contributed by atoms with E-state index in [1.165, 1.54) is 0 Å². The highest BCUT2D eigenvalue weighted by Gasteiger charge is 2.27. The number of esters is 1. The van der Waals surface area contributed by atoms with Crippen LogP contribution in [0.1, 0.15) is 46.0 Å². The van der Waals surface area contributed by atoms with Crippen LogP contribution in [0.2, 0.25) is 0 Å². The molecule has 1 saturated heterocycles. The first-order valence-corrected chi connectivity index (χ1v) is 4.98. The third-order valence-electron chi connectivity index (χ3n) is 2.55. The van der Waals surface area contributed by atoms with Crippen LogP contribution in [-0.2, 0) is 9.53 Å². The second-order valence-corrected chi connectivity index (χ2v) is 3.53. The van der Waals surface area contributed by atoms with Crippen molar-refractivity contribution >= 4 is 5.97 Å². The third kappa shape index (κ3) is 2.23. The molecule has 0 saturated carbocycles. The van der Waals surface area contributed by atoms with Crippen molar-refractivity contribution in [1.82, 2.24) is 0 Å². The van der Waals surface area contributed by atoms with Crippen LogP contribution in [-0.4, -0.2) is 12.1 Å². The summed E-state index contributed by atoms with van der Waals surface area (Å²) in [6, 6.07) is 0. The van der Waals surface area contributed by atoms with Crippen molar-refractivity contribution in [3.8, 4) is 0 Å². The molecule has 1 rings (SSSR count). The predicted molar refractivity (Wildman–Crippen MR) is 47.8 cm³/mol. The molecule has 2 nitrogen and oxygen atoms in total. The molecular weight excluding hydrogens is 152 g/mol. The summed E-state index contributed by atoms with van der Waals surface area (Å²) in [4.78, 5) is 11.3. The summed E-state index contributed by atoms with van der Waals surface area (Å²) in [5.41, 5.74) is 0. The molecule has 0 radical (unpaired) electrons. The fraction of sp³-hybridized carbons (Fsp3) is 0.900. The lowest BCUT2D eigenvalue weighted by molar-refractivity contribution is -0.160. The highest BCUT2D eigenvalue weighted by atomic mass is 16.5. The Kier molecular flexibility index (Phi) is 3.57.